The molecule has 0 unspecified atom stereocenters. The van der Waals surface area contributed by atoms with Crippen LogP contribution in [-0.2, 0) is 20.6 Å². The molecule has 1 aliphatic heterocycles. The molecule has 1 heterocycles. The van der Waals surface area contributed by atoms with Crippen molar-refractivity contribution >= 4 is 33.2 Å². The van der Waals surface area contributed by atoms with Gasteiger partial charge in [0.25, 0.3) is 0 Å². The van der Waals surface area contributed by atoms with Crippen molar-refractivity contribution in [3.63, 3.8) is 0 Å². The first-order valence-corrected chi connectivity index (χ1v) is 11.3. The molecule has 0 saturated carbocycles. The summed E-state index contributed by atoms with van der Waals surface area (Å²) >= 11 is 5.87. The first kappa shape index (κ1) is 20.8. The number of hydrogen-bond acceptors (Lipinski definition) is 3. The normalized spacial score (nSPS) is 18.0. The van der Waals surface area contributed by atoms with E-state index in [9.17, 15) is 13.2 Å². The molecule has 0 spiro atoms. The second-order valence-corrected chi connectivity index (χ2v) is 9.77. The van der Waals surface area contributed by atoms with Crippen LogP contribution in [0.25, 0.3) is 0 Å². The minimum Gasteiger partial charge on any atom is -0.326 e. The zero-order chi connectivity index (χ0) is 20.3. The number of nitrogens with zero attached hydrogens (tertiary/aromatic N) is 1. The highest BCUT2D eigenvalue weighted by Crippen LogP contribution is 2.24. The minimum atomic E-state index is -3.49. The number of anilines is 1. The third-order valence-corrected chi connectivity index (χ3v) is 7.25. The summed E-state index contributed by atoms with van der Waals surface area (Å²) in [5.74, 6) is -0.569. The molecule has 1 N–H and O–H groups in total. The fourth-order valence-electron chi connectivity index (χ4n) is 3.36. The topological polar surface area (TPSA) is 66.5 Å². The first-order valence-electron chi connectivity index (χ1n) is 9.35. The van der Waals surface area contributed by atoms with Crippen LogP contribution in [0.4, 0.5) is 5.69 Å². The monoisotopic (exact) mass is 420 g/mol. The third-order valence-electron chi connectivity index (χ3n) is 5.19. The first-order chi connectivity index (χ1) is 13.2. The highest BCUT2D eigenvalue weighted by atomic mass is 35.5. The van der Waals surface area contributed by atoms with Crippen molar-refractivity contribution in [2.45, 2.75) is 32.4 Å². The van der Waals surface area contributed by atoms with Crippen LogP contribution in [0.1, 0.15) is 29.5 Å². The number of nitrogens with one attached hydrogen (secondary N) is 1. The molecule has 2 aromatic rings. The van der Waals surface area contributed by atoms with Crippen molar-refractivity contribution in [1.82, 2.24) is 4.31 Å². The number of amides is 1. The van der Waals surface area contributed by atoms with Gasteiger partial charge in [0.15, 0.2) is 0 Å². The Hall–Kier alpha value is -1.89. The second kappa shape index (κ2) is 8.64. The zero-order valence-electron chi connectivity index (χ0n) is 16.1. The van der Waals surface area contributed by atoms with Crippen LogP contribution in [0.15, 0.2) is 42.5 Å². The molecule has 1 atom stereocenters. The lowest BCUT2D eigenvalue weighted by atomic mass is 9.98. The summed E-state index contributed by atoms with van der Waals surface area (Å²) in [6.45, 7) is 4.68. The fraction of sp³-hybridized carbons (Fsp3) is 0.381. The van der Waals surface area contributed by atoms with Gasteiger partial charge in [-0.1, -0.05) is 29.8 Å². The Morgan fingerprint density at radius 3 is 2.54 bits per heavy atom. The predicted octanol–water partition coefficient (Wildman–Crippen LogP) is 4.14. The molecule has 1 aliphatic rings. The molecule has 0 radical (unpaired) electrons. The highest BCUT2D eigenvalue weighted by molar-refractivity contribution is 7.88. The molecular formula is C21H25ClN2O3S. The lowest BCUT2D eigenvalue weighted by molar-refractivity contribution is -0.120. The summed E-state index contributed by atoms with van der Waals surface area (Å²) < 4.78 is 27.1. The number of rotatable bonds is 5. The number of aryl methyl sites for hydroxylation is 2. The van der Waals surface area contributed by atoms with E-state index in [2.05, 4.69) is 5.32 Å². The van der Waals surface area contributed by atoms with Crippen LogP contribution >= 0.6 is 11.6 Å². The van der Waals surface area contributed by atoms with E-state index in [-0.39, 0.29) is 24.1 Å². The quantitative estimate of drug-likeness (QED) is 0.790. The fourth-order valence-corrected chi connectivity index (χ4v) is 5.09. The van der Waals surface area contributed by atoms with Gasteiger partial charge in [0.1, 0.15) is 0 Å². The van der Waals surface area contributed by atoms with Gasteiger partial charge in [-0.05, 0) is 67.6 Å². The van der Waals surface area contributed by atoms with Gasteiger partial charge in [-0.15, -0.1) is 0 Å². The molecule has 2 aromatic carbocycles. The van der Waals surface area contributed by atoms with E-state index in [4.69, 9.17) is 11.6 Å². The van der Waals surface area contributed by atoms with Gasteiger partial charge < -0.3 is 5.32 Å². The Kier molecular flexibility index (Phi) is 6.43. The number of carbonyl (C=O) groups is 1. The van der Waals surface area contributed by atoms with E-state index < -0.39 is 10.0 Å². The van der Waals surface area contributed by atoms with Crippen molar-refractivity contribution in [3.05, 3.63) is 64.2 Å². The average molecular weight is 421 g/mol. The van der Waals surface area contributed by atoms with Gasteiger partial charge in [0.05, 0.1) is 11.7 Å². The van der Waals surface area contributed by atoms with Crippen molar-refractivity contribution in [1.29, 1.82) is 0 Å². The van der Waals surface area contributed by atoms with Crippen LogP contribution in [0.2, 0.25) is 5.02 Å². The lowest BCUT2D eigenvalue weighted by Gasteiger charge is -2.31. The molecule has 0 aromatic heterocycles. The van der Waals surface area contributed by atoms with Gasteiger partial charge in [0, 0.05) is 23.8 Å². The van der Waals surface area contributed by atoms with Crippen LogP contribution in [0, 0.1) is 19.8 Å². The standard InChI is InChI=1S/C21H25ClN2O3S/c1-15-5-10-20(12-16(15)2)23-21(25)18-4-3-11-24(13-18)28(26,27)14-17-6-8-19(22)9-7-17/h5-10,12,18H,3-4,11,13-14H2,1-2H3,(H,23,25)/t18-/m0/s1. The summed E-state index contributed by atoms with van der Waals surface area (Å²) in [6.07, 6.45) is 1.36. The van der Waals surface area contributed by atoms with E-state index in [0.717, 1.165) is 16.8 Å². The number of hydrogen-bond donors (Lipinski definition) is 1. The molecule has 3 rings (SSSR count). The minimum absolute atomic E-state index is 0.0876. The molecule has 150 valence electrons. The largest absolute Gasteiger partial charge is 0.326 e. The Labute approximate surface area is 171 Å². The van der Waals surface area contributed by atoms with Crippen LogP contribution < -0.4 is 5.32 Å². The lowest BCUT2D eigenvalue weighted by Crippen LogP contribution is -2.44. The molecule has 5 nitrogen and oxygen atoms in total. The van der Waals surface area contributed by atoms with Crippen molar-refractivity contribution in [3.8, 4) is 0 Å². The number of carbonyl (C=O) groups excluding carboxylic acids is 1. The summed E-state index contributed by atoms with van der Waals surface area (Å²) in [6, 6.07) is 12.6. The smallest absolute Gasteiger partial charge is 0.228 e. The molecule has 7 heteroatoms. The van der Waals surface area contributed by atoms with Crippen molar-refractivity contribution < 1.29 is 13.2 Å². The zero-order valence-corrected chi connectivity index (χ0v) is 17.7. The van der Waals surface area contributed by atoms with Crippen LogP contribution in [0.3, 0.4) is 0 Å². The SMILES string of the molecule is Cc1ccc(NC(=O)[C@H]2CCCN(S(=O)(=O)Cc3ccc(Cl)cc3)C2)cc1C. The molecule has 0 aliphatic carbocycles. The third kappa shape index (κ3) is 5.13. The maximum Gasteiger partial charge on any atom is 0.228 e. The Bertz CT molecular complexity index is 958. The number of sulfonamides is 1. The molecule has 1 saturated heterocycles. The maximum absolute atomic E-state index is 12.8. The average Bonchev–Trinajstić information content (AvgIpc) is 2.66. The second-order valence-electron chi connectivity index (χ2n) is 7.37. The Morgan fingerprint density at radius 2 is 1.86 bits per heavy atom. The Morgan fingerprint density at radius 1 is 1.14 bits per heavy atom. The van der Waals surface area contributed by atoms with Crippen molar-refractivity contribution in [2.75, 3.05) is 18.4 Å². The van der Waals surface area contributed by atoms with E-state index in [1.165, 1.54) is 4.31 Å². The van der Waals surface area contributed by atoms with Gasteiger partial charge >= 0.3 is 0 Å². The number of piperidine rings is 1. The maximum atomic E-state index is 12.8. The summed E-state index contributed by atoms with van der Waals surface area (Å²) in [5, 5.41) is 3.50. The van der Waals surface area contributed by atoms with Gasteiger partial charge in [-0.3, -0.25) is 4.79 Å². The molecular weight excluding hydrogens is 396 g/mol. The summed E-state index contributed by atoms with van der Waals surface area (Å²) in [5.41, 5.74) is 3.70. The van der Waals surface area contributed by atoms with Crippen LogP contribution in [0.5, 0.6) is 0 Å². The number of halogens is 1. The molecule has 1 amide bonds. The summed E-state index contributed by atoms with van der Waals surface area (Å²) in [4.78, 5) is 12.7. The predicted molar refractivity (Wildman–Crippen MR) is 113 cm³/mol. The molecule has 0 bridgehead atoms. The molecule has 28 heavy (non-hydrogen) atoms. The highest BCUT2D eigenvalue weighted by Gasteiger charge is 2.32. The van der Waals surface area contributed by atoms with E-state index in [0.29, 0.717) is 30.0 Å². The van der Waals surface area contributed by atoms with Gasteiger partial charge in [0.2, 0.25) is 15.9 Å². The van der Waals surface area contributed by atoms with E-state index in [1.807, 2.05) is 32.0 Å². The van der Waals surface area contributed by atoms with Crippen LogP contribution in [-0.4, -0.2) is 31.7 Å². The van der Waals surface area contributed by atoms with Crippen molar-refractivity contribution in [2.24, 2.45) is 5.92 Å². The number of benzene rings is 2. The summed E-state index contributed by atoms with van der Waals surface area (Å²) in [7, 11) is -3.49. The molecule has 1 fully saturated rings. The van der Waals surface area contributed by atoms with Gasteiger partial charge in [-0.2, -0.15) is 0 Å². The van der Waals surface area contributed by atoms with Gasteiger partial charge in [-0.25, -0.2) is 12.7 Å². The Balaban J connectivity index is 1.66. The van der Waals surface area contributed by atoms with E-state index >= 15 is 0 Å². The van der Waals surface area contributed by atoms with E-state index in [1.54, 1.807) is 24.3 Å².